The van der Waals surface area contributed by atoms with E-state index >= 15 is 0 Å². The molecule has 1 N–H and O–H groups in total. The third-order valence-corrected chi connectivity index (χ3v) is 5.88. The van der Waals surface area contributed by atoms with E-state index in [0.29, 0.717) is 5.75 Å². The number of hydrogen-bond acceptors (Lipinski definition) is 4. The summed E-state index contributed by atoms with van der Waals surface area (Å²) in [5, 5.41) is 9.22. The summed E-state index contributed by atoms with van der Waals surface area (Å²) in [6.07, 6.45) is 3.25. The van der Waals surface area contributed by atoms with E-state index in [0.717, 1.165) is 4.88 Å². The second-order valence-electron chi connectivity index (χ2n) is 5.35. The van der Waals surface area contributed by atoms with Gasteiger partial charge in [0.05, 0.1) is 5.37 Å². The summed E-state index contributed by atoms with van der Waals surface area (Å²) in [4.78, 5) is 27.4. The zero-order valence-corrected chi connectivity index (χ0v) is 13.9. The highest BCUT2D eigenvalue weighted by molar-refractivity contribution is 8.00. The van der Waals surface area contributed by atoms with E-state index in [1.165, 1.54) is 15.9 Å². The van der Waals surface area contributed by atoms with Gasteiger partial charge in [-0.1, -0.05) is 13.8 Å². The van der Waals surface area contributed by atoms with Gasteiger partial charge in [0.2, 0.25) is 5.91 Å². The van der Waals surface area contributed by atoms with Crippen LogP contribution in [0.1, 0.15) is 23.6 Å². The van der Waals surface area contributed by atoms with Gasteiger partial charge in [-0.3, -0.25) is 4.79 Å². The molecule has 0 bridgehead atoms. The Bertz CT molecular complexity index is 565. The molecule has 1 saturated heterocycles. The number of carbonyl (C=O) groups is 2. The van der Waals surface area contributed by atoms with Gasteiger partial charge >= 0.3 is 5.97 Å². The lowest BCUT2D eigenvalue weighted by Crippen LogP contribution is -2.46. The highest BCUT2D eigenvalue weighted by Crippen LogP contribution is 2.34. The van der Waals surface area contributed by atoms with Crippen molar-refractivity contribution < 1.29 is 14.7 Å². The molecule has 6 heteroatoms. The van der Waals surface area contributed by atoms with E-state index in [1.54, 1.807) is 29.2 Å². The lowest BCUT2D eigenvalue weighted by molar-refractivity contribution is -0.147. The first-order chi connectivity index (χ1) is 9.90. The average molecular weight is 325 g/mol. The molecule has 0 saturated carbocycles. The minimum absolute atomic E-state index is 0.0756. The predicted octanol–water partition coefficient (Wildman–Crippen LogP) is 3.08. The molecule has 1 aliphatic heterocycles. The van der Waals surface area contributed by atoms with Gasteiger partial charge in [-0.05, 0) is 31.1 Å². The molecule has 21 heavy (non-hydrogen) atoms. The Labute approximate surface area is 132 Å². The van der Waals surface area contributed by atoms with Crippen molar-refractivity contribution in [1.82, 2.24) is 4.90 Å². The average Bonchev–Trinajstić information content (AvgIpc) is 3.01. The summed E-state index contributed by atoms with van der Waals surface area (Å²) in [5.41, 5.74) is 0. The van der Waals surface area contributed by atoms with Gasteiger partial charge < -0.3 is 10.0 Å². The van der Waals surface area contributed by atoms with Crippen molar-refractivity contribution >= 4 is 41.1 Å². The monoisotopic (exact) mass is 325 g/mol. The maximum Gasteiger partial charge on any atom is 0.327 e. The Morgan fingerprint density at radius 3 is 2.67 bits per heavy atom. The number of thiophene rings is 1. The second-order valence-corrected chi connectivity index (χ2v) is 7.82. The molecule has 2 unspecified atom stereocenters. The van der Waals surface area contributed by atoms with Gasteiger partial charge in [-0.2, -0.15) is 0 Å². The molecule has 4 nitrogen and oxygen atoms in total. The molecule has 1 fully saturated rings. The molecule has 2 heterocycles. The molecule has 1 amide bonds. The summed E-state index contributed by atoms with van der Waals surface area (Å²) >= 11 is 3.15. The molecule has 0 aromatic carbocycles. The summed E-state index contributed by atoms with van der Waals surface area (Å²) < 4.78 is 0. The third kappa shape index (κ3) is 3.68. The summed E-state index contributed by atoms with van der Waals surface area (Å²) in [5.74, 6) is -0.479. The zero-order valence-electron chi connectivity index (χ0n) is 12.3. The Morgan fingerprint density at radius 1 is 1.43 bits per heavy atom. The van der Waals surface area contributed by atoms with Crippen LogP contribution in [-0.4, -0.2) is 39.1 Å². The quantitative estimate of drug-likeness (QED) is 0.864. The van der Waals surface area contributed by atoms with Crippen LogP contribution < -0.4 is 0 Å². The Balaban J connectivity index is 2.17. The van der Waals surface area contributed by atoms with Crippen molar-refractivity contribution in [2.24, 2.45) is 5.92 Å². The number of nitrogens with zero attached hydrogens (tertiary/aromatic N) is 1. The minimum Gasteiger partial charge on any atom is -0.480 e. The number of rotatable bonds is 4. The van der Waals surface area contributed by atoms with Gasteiger partial charge in [-0.25, -0.2) is 4.79 Å². The Kier molecular flexibility index (Phi) is 5.11. The first-order valence-corrected chi connectivity index (χ1v) is 8.68. The molecule has 0 aliphatic carbocycles. The largest absolute Gasteiger partial charge is 0.480 e. The maximum atomic E-state index is 12.4. The molecule has 2 rings (SSSR count). The lowest BCUT2D eigenvalue weighted by Gasteiger charge is -2.28. The topological polar surface area (TPSA) is 57.6 Å². The van der Waals surface area contributed by atoms with Gasteiger partial charge in [0.25, 0.3) is 0 Å². The summed E-state index contributed by atoms with van der Waals surface area (Å²) in [6.45, 7) is 6.03. The van der Waals surface area contributed by atoms with Crippen molar-refractivity contribution in [3.05, 3.63) is 28.0 Å². The number of carbonyl (C=O) groups excluding carboxylic acids is 1. The first kappa shape index (κ1) is 16.1. The molecule has 1 aliphatic rings. The van der Waals surface area contributed by atoms with Gasteiger partial charge in [0, 0.05) is 21.6 Å². The van der Waals surface area contributed by atoms with Crippen LogP contribution in [0, 0.1) is 12.8 Å². The lowest BCUT2D eigenvalue weighted by atomic mass is 10.1. The Morgan fingerprint density at radius 2 is 2.14 bits per heavy atom. The molecule has 1 aromatic heterocycles. The fourth-order valence-corrected chi connectivity index (χ4v) is 4.55. The van der Waals surface area contributed by atoms with Crippen molar-refractivity contribution in [3.63, 3.8) is 0 Å². The van der Waals surface area contributed by atoms with Crippen LogP contribution in [0.15, 0.2) is 18.2 Å². The number of carboxylic acids is 1. The van der Waals surface area contributed by atoms with Crippen LogP contribution in [0.4, 0.5) is 0 Å². The molecule has 2 atom stereocenters. The smallest absolute Gasteiger partial charge is 0.327 e. The van der Waals surface area contributed by atoms with Crippen LogP contribution in [-0.2, 0) is 9.59 Å². The summed E-state index contributed by atoms with van der Waals surface area (Å²) in [6, 6.07) is 3.22. The van der Waals surface area contributed by atoms with E-state index in [-0.39, 0.29) is 17.2 Å². The number of thioether (sulfide) groups is 1. The molecular formula is C15H19NO3S2. The van der Waals surface area contributed by atoms with Crippen molar-refractivity contribution in [1.29, 1.82) is 0 Å². The maximum absolute atomic E-state index is 12.4. The standard InChI is InChI=1S/C15H19NO3S2/c1-9(2)14-16(12(8-20-14)15(18)19)13(17)7-6-11-5-4-10(3)21-11/h4-7,9,12,14H,8H2,1-3H3,(H,18,19). The molecular weight excluding hydrogens is 306 g/mol. The van der Waals surface area contributed by atoms with Gasteiger partial charge in [-0.15, -0.1) is 23.1 Å². The number of aliphatic carboxylic acids is 1. The van der Waals surface area contributed by atoms with E-state index < -0.39 is 12.0 Å². The van der Waals surface area contributed by atoms with E-state index in [4.69, 9.17) is 0 Å². The summed E-state index contributed by atoms with van der Waals surface area (Å²) in [7, 11) is 0. The van der Waals surface area contributed by atoms with Gasteiger partial charge in [0.1, 0.15) is 6.04 Å². The van der Waals surface area contributed by atoms with E-state index in [2.05, 4.69) is 0 Å². The number of carboxylic acid groups (broad SMARTS) is 1. The molecule has 114 valence electrons. The minimum atomic E-state index is -0.931. The van der Waals surface area contributed by atoms with E-state index in [9.17, 15) is 14.7 Å². The van der Waals surface area contributed by atoms with Crippen LogP contribution >= 0.6 is 23.1 Å². The van der Waals surface area contributed by atoms with Crippen LogP contribution in [0.5, 0.6) is 0 Å². The van der Waals surface area contributed by atoms with Crippen molar-refractivity contribution in [3.8, 4) is 0 Å². The highest BCUT2D eigenvalue weighted by Gasteiger charge is 2.41. The Hall–Kier alpha value is -1.27. The highest BCUT2D eigenvalue weighted by atomic mass is 32.2. The first-order valence-electron chi connectivity index (χ1n) is 6.81. The van der Waals surface area contributed by atoms with E-state index in [1.807, 2.05) is 32.9 Å². The van der Waals surface area contributed by atoms with Gasteiger partial charge in [0.15, 0.2) is 0 Å². The predicted molar refractivity (Wildman–Crippen MR) is 87.4 cm³/mol. The number of aryl methyl sites for hydroxylation is 1. The number of amides is 1. The fraction of sp³-hybridized carbons (Fsp3) is 0.467. The fourth-order valence-electron chi connectivity index (χ4n) is 2.29. The normalized spacial score (nSPS) is 22.4. The third-order valence-electron chi connectivity index (χ3n) is 3.30. The van der Waals surface area contributed by atoms with Crippen LogP contribution in [0.3, 0.4) is 0 Å². The van der Waals surface area contributed by atoms with Crippen molar-refractivity contribution in [2.45, 2.75) is 32.2 Å². The van der Waals surface area contributed by atoms with Crippen LogP contribution in [0.2, 0.25) is 0 Å². The molecule has 0 spiro atoms. The van der Waals surface area contributed by atoms with Crippen molar-refractivity contribution in [2.75, 3.05) is 5.75 Å². The molecule has 0 radical (unpaired) electrons. The van der Waals surface area contributed by atoms with Crippen LogP contribution in [0.25, 0.3) is 6.08 Å². The zero-order chi connectivity index (χ0) is 15.6. The SMILES string of the molecule is Cc1ccc(C=CC(=O)N2C(C(=O)O)CSC2C(C)C)s1. The second kappa shape index (κ2) is 6.66. The molecule has 1 aromatic rings. The number of hydrogen-bond donors (Lipinski definition) is 1.